The van der Waals surface area contributed by atoms with Crippen LogP contribution in [-0.2, 0) is 11.8 Å². The number of hydrogen-bond donors (Lipinski definition) is 1. The average Bonchev–Trinajstić information content (AvgIpc) is 3.05. The Hall–Kier alpha value is -2.07. The molecule has 4 heteroatoms. The molecule has 28 heavy (non-hydrogen) atoms. The van der Waals surface area contributed by atoms with Gasteiger partial charge in [-0.05, 0) is 37.5 Å². The Bertz CT molecular complexity index is 978. The zero-order valence-electron chi connectivity index (χ0n) is 18.0. The lowest BCUT2D eigenvalue weighted by atomic mass is 9.77. The van der Waals surface area contributed by atoms with E-state index in [2.05, 4.69) is 71.0 Å². The second-order valence-corrected chi connectivity index (χ2v) is 8.62. The van der Waals surface area contributed by atoms with Crippen molar-refractivity contribution in [1.82, 2.24) is 14.8 Å². The molecule has 0 spiro atoms. The minimum Gasteiger partial charge on any atom is -0.212 e. The number of fused-ring (bicyclic) bond motifs is 4. The van der Waals surface area contributed by atoms with Crippen LogP contribution >= 0.6 is 12.6 Å². The Morgan fingerprint density at radius 3 is 2.29 bits per heavy atom. The van der Waals surface area contributed by atoms with Gasteiger partial charge in [-0.1, -0.05) is 69.7 Å². The third kappa shape index (κ3) is 3.39. The lowest BCUT2D eigenvalue weighted by molar-refractivity contribution is 0.491. The fraction of sp³-hybridized carbons (Fsp3) is 0.417. The zero-order valence-corrected chi connectivity index (χ0v) is 18.9. The van der Waals surface area contributed by atoms with Gasteiger partial charge >= 0.3 is 0 Å². The number of benzene rings is 2. The Labute approximate surface area is 174 Å². The predicted molar refractivity (Wildman–Crippen MR) is 122 cm³/mol. The van der Waals surface area contributed by atoms with E-state index in [0.29, 0.717) is 0 Å². The van der Waals surface area contributed by atoms with Crippen LogP contribution in [0.5, 0.6) is 0 Å². The van der Waals surface area contributed by atoms with E-state index in [4.69, 9.17) is 22.7 Å². The van der Waals surface area contributed by atoms with E-state index in [1.165, 1.54) is 22.3 Å². The van der Waals surface area contributed by atoms with E-state index in [9.17, 15) is 0 Å². The smallest absolute Gasteiger partial charge is 0.163 e. The van der Waals surface area contributed by atoms with Gasteiger partial charge in [-0.2, -0.15) is 17.7 Å². The summed E-state index contributed by atoms with van der Waals surface area (Å²) in [4.78, 5) is 4.91. The molecular formula is C24H31N3S. The predicted octanol–water partition coefficient (Wildman–Crippen LogP) is 6.02. The van der Waals surface area contributed by atoms with Gasteiger partial charge in [0.15, 0.2) is 11.6 Å². The quantitative estimate of drug-likeness (QED) is 0.513. The van der Waals surface area contributed by atoms with Crippen LogP contribution in [0.15, 0.2) is 36.4 Å². The summed E-state index contributed by atoms with van der Waals surface area (Å²) in [5.41, 5.74) is 7.21. The summed E-state index contributed by atoms with van der Waals surface area (Å²) in [7, 11) is 0. The van der Waals surface area contributed by atoms with Crippen molar-refractivity contribution >= 4 is 12.6 Å². The molecule has 148 valence electrons. The molecule has 2 bridgehead atoms. The SMILES string of the molecule is CC.Cc1cc(C)c(-n2nc3nc2-c2ccccc2C(C)(C)[C@H](S)C3)c(C)c1. The molecule has 2 aromatic carbocycles. The van der Waals surface area contributed by atoms with Crippen molar-refractivity contribution in [2.24, 2.45) is 0 Å². The third-order valence-electron chi connectivity index (χ3n) is 5.57. The van der Waals surface area contributed by atoms with E-state index in [1.54, 1.807) is 0 Å². The molecule has 0 fully saturated rings. The Morgan fingerprint density at radius 1 is 1.04 bits per heavy atom. The molecule has 3 nitrogen and oxygen atoms in total. The van der Waals surface area contributed by atoms with E-state index >= 15 is 0 Å². The van der Waals surface area contributed by atoms with Crippen LogP contribution in [0.2, 0.25) is 0 Å². The van der Waals surface area contributed by atoms with Crippen molar-refractivity contribution in [3.63, 3.8) is 0 Å². The van der Waals surface area contributed by atoms with Crippen LogP contribution in [0.4, 0.5) is 0 Å². The van der Waals surface area contributed by atoms with Gasteiger partial charge in [0.2, 0.25) is 0 Å². The molecule has 1 aliphatic heterocycles. The molecule has 0 N–H and O–H groups in total. The minimum absolute atomic E-state index is 0.0605. The molecule has 0 saturated carbocycles. The largest absolute Gasteiger partial charge is 0.212 e. The highest BCUT2D eigenvalue weighted by Crippen LogP contribution is 2.40. The standard InChI is InChI=1S/C22H25N3S.C2H6/c1-13-10-14(2)20(15(3)11-13)25-21-16-8-6-7-9-17(16)22(4,5)18(26)12-19(23-21)24-25;1-2/h6-11,18,26H,12H2,1-5H3;1-2H3/t18-;/m1./s1. The summed E-state index contributed by atoms with van der Waals surface area (Å²) < 4.78 is 2.04. The molecule has 3 aromatic rings. The number of hydrogen-bond acceptors (Lipinski definition) is 3. The monoisotopic (exact) mass is 393 g/mol. The molecule has 1 aliphatic rings. The van der Waals surface area contributed by atoms with Crippen LogP contribution in [0.3, 0.4) is 0 Å². The summed E-state index contributed by atoms with van der Waals surface area (Å²) >= 11 is 4.92. The van der Waals surface area contributed by atoms with Crippen LogP contribution < -0.4 is 0 Å². The zero-order chi connectivity index (χ0) is 20.6. The first-order valence-electron chi connectivity index (χ1n) is 10.1. The highest BCUT2D eigenvalue weighted by Gasteiger charge is 2.35. The van der Waals surface area contributed by atoms with Crippen molar-refractivity contribution < 1.29 is 0 Å². The molecule has 0 amide bonds. The molecule has 2 heterocycles. The topological polar surface area (TPSA) is 30.7 Å². The highest BCUT2D eigenvalue weighted by molar-refractivity contribution is 7.81. The Kier molecular flexibility index (Phi) is 5.72. The van der Waals surface area contributed by atoms with E-state index < -0.39 is 0 Å². The number of thiol groups is 1. The van der Waals surface area contributed by atoms with E-state index in [1.807, 2.05) is 18.5 Å². The van der Waals surface area contributed by atoms with Crippen molar-refractivity contribution in [2.45, 2.75) is 65.6 Å². The Balaban J connectivity index is 0.00000109. The summed E-state index contributed by atoms with van der Waals surface area (Å²) in [6.45, 7) is 15.0. The van der Waals surface area contributed by atoms with Gasteiger partial charge in [0.05, 0.1) is 5.69 Å². The van der Waals surface area contributed by atoms with Crippen LogP contribution in [0.25, 0.3) is 17.1 Å². The van der Waals surface area contributed by atoms with Gasteiger partial charge in [-0.15, -0.1) is 0 Å². The molecule has 1 aromatic heterocycles. The number of aryl methyl sites for hydroxylation is 3. The van der Waals surface area contributed by atoms with Gasteiger partial charge in [-0.25, -0.2) is 9.67 Å². The van der Waals surface area contributed by atoms with Gasteiger partial charge in [0.25, 0.3) is 0 Å². The van der Waals surface area contributed by atoms with Crippen molar-refractivity contribution in [2.75, 3.05) is 0 Å². The van der Waals surface area contributed by atoms with Gasteiger partial charge in [0.1, 0.15) is 0 Å². The van der Waals surface area contributed by atoms with Crippen LogP contribution in [-0.4, -0.2) is 20.0 Å². The number of aromatic nitrogens is 3. The summed E-state index contributed by atoms with van der Waals surface area (Å²) in [5.74, 6) is 1.79. The summed E-state index contributed by atoms with van der Waals surface area (Å²) in [6.07, 6.45) is 0.758. The second-order valence-electron chi connectivity index (χ2n) is 8.00. The van der Waals surface area contributed by atoms with Crippen molar-refractivity contribution in [3.8, 4) is 17.1 Å². The second kappa shape index (κ2) is 7.75. The van der Waals surface area contributed by atoms with Crippen molar-refractivity contribution in [1.29, 1.82) is 0 Å². The first-order chi connectivity index (χ1) is 13.3. The lowest BCUT2D eigenvalue weighted by Crippen LogP contribution is -2.33. The third-order valence-corrected chi connectivity index (χ3v) is 6.40. The molecular weight excluding hydrogens is 362 g/mol. The Morgan fingerprint density at radius 2 is 1.64 bits per heavy atom. The first-order valence-corrected chi connectivity index (χ1v) is 10.6. The van der Waals surface area contributed by atoms with Crippen LogP contribution in [0, 0.1) is 20.8 Å². The molecule has 0 unspecified atom stereocenters. The lowest BCUT2D eigenvalue weighted by Gasteiger charge is -2.33. The van der Waals surface area contributed by atoms with Crippen LogP contribution in [0.1, 0.15) is 55.8 Å². The number of rotatable bonds is 1. The van der Waals surface area contributed by atoms with E-state index in [0.717, 1.165) is 29.3 Å². The van der Waals surface area contributed by atoms with Gasteiger partial charge in [0, 0.05) is 22.6 Å². The maximum Gasteiger partial charge on any atom is 0.163 e. The molecule has 0 aliphatic carbocycles. The number of nitrogens with zero attached hydrogens (tertiary/aromatic N) is 3. The minimum atomic E-state index is -0.0605. The molecule has 0 saturated heterocycles. The maximum atomic E-state index is 4.92. The van der Waals surface area contributed by atoms with Gasteiger partial charge < -0.3 is 0 Å². The fourth-order valence-electron chi connectivity index (χ4n) is 4.13. The molecule has 1 atom stereocenters. The highest BCUT2D eigenvalue weighted by atomic mass is 32.1. The fourth-order valence-corrected chi connectivity index (χ4v) is 4.43. The van der Waals surface area contributed by atoms with Gasteiger partial charge in [-0.3, -0.25) is 0 Å². The molecule has 4 rings (SSSR count). The maximum absolute atomic E-state index is 4.92. The summed E-state index contributed by atoms with van der Waals surface area (Å²) in [5, 5.41) is 5.06. The average molecular weight is 394 g/mol. The molecule has 0 radical (unpaired) electrons. The summed E-state index contributed by atoms with van der Waals surface area (Å²) in [6, 6.07) is 13.0. The first kappa shape index (κ1) is 20.7. The normalized spacial score (nSPS) is 17.1. The van der Waals surface area contributed by atoms with Crippen molar-refractivity contribution in [3.05, 3.63) is 64.5 Å². The van der Waals surface area contributed by atoms with E-state index in [-0.39, 0.29) is 10.7 Å².